The van der Waals surface area contributed by atoms with Gasteiger partial charge in [-0.05, 0) is 19.1 Å². The predicted octanol–water partition coefficient (Wildman–Crippen LogP) is 3.01. The maximum absolute atomic E-state index is 12.2. The van der Waals surface area contributed by atoms with Crippen molar-refractivity contribution in [2.75, 3.05) is 6.54 Å². The molecule has 1 amide bonds. The molecule has 0 aliphatic heterocycles. The lowest BCUT2D eigenvalue weighted by Gasteiger charge is -2.14. The Hall–Kier alpha value is -2.17. The number of carbonyl (C=O) groups excluding carboxylic acids is 2. The Labute approximate surface area is 133 Å². The van der Waals surface area contributed by atoms with Crippen LogP contribution in [0.2, 0.25) is 5.02 Å². The quantitative estimate of drug-likeness (QED) is 0.833. The maximum atomic E-state index is 12.2. The number of halogens is 1. The van der Waals surface area contributed by atoms with Crippen molar-refractivity contribution in [3.05, 3.63) is 70.2 Å². The zero-order valence-electron chi connectivity index (χ0n) is 12.0. The number of Topliss-reactive ketones (excluding diaryl/α,β-unsaturated/α-hetero) is 1. The van der Waals surface area contributed by atoms with Crippen molar-refractivity contribution in [3.63, 3.8) is 0 Å². The van der Waals surface area contributed by atoms with Gasteiger partial charge in [-0.15, -0.1) is 0 Å². The lowest BCUT2D eigenvalue weighted by Crippen LogP contribution is -2.29. The first-order chi connectivity index (χ1) is 10.5. The first kappa shape index (κ1) is 16.2. The lowest BCUT2D eigenvalue weighted by atomic mass is 10.0. The van der Waals surface area contributed by atoms with E-state index in [-0.39, 0.29) is 12.3 Å². The SMILES string of the molecule is CC(=O)c1ccccc1C(=O)NCC(O)c1ccccc1Cl. The summed E-state index contributed by atoms with van der Waals surface area (Å²) in [7, 11) is 0. The summed E-state index contributed by atoms with van der Waals surface area (Å²) in [6.45, 7) is 1.42. The summed E-state index contributed by atoms with van der Waals surface area (Å²) in [6.07, 6.45) is -0.915. The van der Waals surface area contributed by atoms with E-state index in [4.69, 9.17) is 11.6 Å². The van der Waals surface area contributed by atoms with Crippen LogP contribution in [0.4, 0.5) is 0 Å². The van der Waals surface area contributed by atoms with Gasteiger partial charge in [-0.25, -0.2) is 0 Å². The van der Waals surface area contributed by atoms with E-state index in [1.54, 1.807) is 48.5 Å². The highest BCUT2D eigenvalue weighted by atomic mass is 35.5. The normalized spacial score (nSPS) is 11.8. The van der Waals surface area contributed by atoms with Crippen molar-refractivity contribution < 1.29 is 14.7 Å². The minimum atomic E-state index is -0.915. The van der Waals surface area contributed by atoms with Crippen molar-refractivity contribution in [3.8, 4) is 0 Å². The Morgan fingerprint density at radius 3 is 2.32 bits per heavy atom. The molecule has 0 bridgehead atoms. The van der Waals surface area contributed by atoms with Crippen molar-refractivity contribution in [1.29, 1.82) is 0 Å². The van der Waals surface area contributed by atoms with Crippen molar-refractivity contribution in [2.45, 2.75) is 13.0 Å². The van der Waals surface area contributed by atoms with Gasteiger partial charge in [0.05, 0.1) is 11.7 Å². The van der Waals surface area contributed by atoms with E-state index in [0.29, 0.717) is 21.7 Å². The highest BCUT2D eigenvalue weighted by Crippen LogP contribution is 2.22. The zero-order chi connectivity index (χ0) is 16.1. The third kappa shape index (κ3) is 3.72. The lowest BCUT2D eigenvalue weighted by molar-refractivity contribution is 0.0906. The van der Waals surface area contributed by atoms with Gasteiger partial charge < -0.3 is 10.4 Å². The molecule has 2 aromatic carbocycles. The van der Waals surface area contributed by atoms with Crippen LogP contribution in [0.3, 0.4) is 0 Å². The Morgan fingerprint density at radius 2 is 1.68 bits per heavy atom. The molecular weight excluding hydrogens is 302 g/mol. The standard InChI is InChI=1S/C17H16ClNO3/c1-11(20)12-6-2-3-7-13(12)17(22)19-10-16(21)14-8-4-5-9-15(14)18/h2-9,16,21H,10H2,1H3,(H,19,22). The summed E-state index contributed by atoms with van der Waals surface area (Å²) in [5, 5.41) is 13.2. The maximum Gasteiger partial charge on any atom is 0.252 e. The molecule has 2 rings (SSSR count). The second-order valence-corrected chi connectivity index (χ2v) is 5.26. The average molecular weight is 318 g/mol. The molecule has 1 atom stereocenters. The third-order valence-corrected chi connectivity index (χ3v) is 3.62. The summed E-state index contributed by atoms with van der Waals surface area (Å²) in [6, 6.07) is 13.5. The molecular formula is C17H16ClNO3. The second kappa shape index (κ2) is 7.20. The molecule has 0 aromatic heterocycles. The molecule has 0 saturated heterocycles. The van der Waals surface area contributed by atoms with Crippen LogP contribution in [0.5, 0.6) is 0 Å². The number of benzene rings is 2. The molecule has 114 valence electrons. The number of carbonyl (C=O) groups is 2. The number of aliphatic hydroxyl groups excluding tert-OH is 1. The monoisotopic (exact) mass is 317 g/mol. The number of rotatable bonds is 5. The van der Waals surface area contributed by atoms with Crippen LogP contribution in [0.15, 0.2) is 48.5 Å². The second-order valence-electron chi connectivity index (χ2n) is 4.85. The van der Waals surface area contributed by atoms with E-state index in [2.05, 4.69) is 5.32 Å². The molecule has 5 heteroatoms. The summed E-state index contributed by atoms with van der Waals surface area (Å²) < 4.78 is 0. The smallest absolute Gasteiger partial charge is 0.252 e. The Bertz CT molecular complexity index is 700. The van der Waals surface area contributed by atoms with Gasteiger partial charge in [-0.2, -0.15) is 0 Å². The fourth-order valence-electron chi connectivity index (χ4n) is 2.13. The van der Waals surface area contributed by atoms with Crippen LogP contribution < -0.4 is 5.32 Å². The van der Waals surface area contributed by atoms with Gasteiger partial charge in [0.25, 0.3) is 5.91 Å². The highest BCUT2D eigenvalue weighted by molar-refractivity contribution is 6.31. The van der Waals surface area contributed by atoms with E-state index >= 15 is 0 Å². The fraction of sp³-hybridized carbons (Fsp3) is 0.176. The molecule has 0 aliphatic rings. The van der Waals surface area contributed by atoms with E-state index in [0.717, 1.165) is 0 Å². The van der Waals surface area contributed by atoms with E-state index in [9.17, 15) is 14.7 Å². The van der Waals surface area contributed by atoms with E-state index < -0.39 is 12.0 Å². The summed E-state index contributed by atoms with van der Waals surface area (Å²) in [5.41, 5.74) is 1.19. The van der Waals surface area contributed by atoms with Gasteiger partial charge in [0, 0.05) is 22.7 Å². The zero-order valence-corrected chi connectivity index (χ0v) is 12.8. The molecule has 0 heterocycles. The highest BCUT2D eigenvalue weighted by Gasteiger charge is 2.16. The largest absolute Gasteiger partial charge is 0.387 e. The predicted molar refractivity (Wildman–Crippen MR) is 85.2 cm³/mol. The first-order valence-electron chi connectivity index (χ1n) is 6.81. The van der Waals surface area contributed by atoms with E-state index in [1.165, 1.54) is 6.92 Å². The summed E-state index contributed by atoms with van der Waals surface area (Å²) in [5.74, 6) is -0.589. The van der Waals surface area contributed by atoms with Crippen LogP contribution >= 0.6 is 11.6 Å². The van der Waals surface area contributed by atoms with Gasteiger partial charge in [-0.1, -0.05) is 48.0 Å². The molecule has 2 N–H and O–H groups in total. The fourth-order valence-corrected chi connectivity index (χ4v) is 2.39. The first-order valence-corrected chi connectivity index (χ1v) is 7.19. The molecule has 0 spiro atoms. The van der Waals surface area contributed by atoms with E-state index in [1.807, 2.05) is 0 Å². The van der Waals surface area contributed by atoms with Crippen LogP contribution in [-0.2, 0) is 0 Å². The Kier molecular flexibility index (Phi) is 5.31. The van der Waals surface area contributed by atoms with Crippen molar-refractivity contribution in [2.24, 2.45) is 0 Å². The van der Waals surface area contributed by atoms with Gasteiger partial charge in [-0.3, -0.25) is 9.59 Å². The third-order valence-electron chi connectivity index (χ3n) is 3.27. The van der Waals surface area contributed by atoms with Crippen LogP contribution in [-0.4, -0.2) is 23.3 Å². The average Bonchev–Trinajstić information content (AvgIpc) is 2.52. The van der Waals surface area contributed by atoms with Crippen molar-refractivity contribution >= 4 is 23.3 Å². The van der Waals surface area contributed by atoms with Crippen LogP contribution in [0, 0.1) is 0 Å². The van der Waals surface area contributed by atoms with Gasteiger partial charge in [0.1, 0.15) is 0 Å². The Morgan fingerprint density at radius 1 is 1.09 bits per heavy atom. The van der Waals surface area contributed by atoms with Gasteiger partial charge in [0.2, 0.25) is 0 Å². The Balaban J connectivity index is 2.08. The number of aliphatic hydroxyl groups is 1. The summed E-state index contributed by atoms with van der Waals surface area (Å²) in [4.78, 5) is 23.7. The molecule has 0 fully saturated rings. The minimum Gasteiger partial charge on any atom is -0.387 e. The molecule has 0 radical (unpaired) electrons. The number of hydrogen-bond acceptors (Lipinski definition) is 3. The van der Waals surface area contributed by atoms with Gasteiger partial charge in [0.15, 0.2) is 5.78 Å². The van der Waals surface area contributed by atoms with Crippen LogP contribution in [0.25, 0.3) is 0 Å². The van der Waals surface area contributed by atoms with Gasteiger partial charge >= 0.3 is 0 Å². The molecule has 0 saturated carbocycles. The molecule has 1 unspecified atom stereocenters. The number of nitrogens with one attached hydrogen (secondary N) is 1. The number of amides is 1. The molecule has 0 aliphatic carbocycles. The molecule has 22 heavy (non-hydrogen) atoms. The minimum absolute atomic E-state index is 0.00874. The number of hydrogen-bond donors (Lipinski definition) is 2. The number of ketones is 1. The molecule has 2 aromatic rings. The van der Waals surface area contributed by atoms with Crippen molar-refractivity contribution in [1.82, 2.24) is 5.32 Å². The van der Waals surface area contributed by atoms with Crippen LogP contribution in [0.1, 0.15) is 39.3 Å². The topological polar surface area (TPSA) is 66.4 Å². The summed E-state index contributed by atoms with van der Waals surface area (Å²) >= 11 is 6.00. The molecule has 4 nitrogen and oxygen atoms in total.